The first kappa shape index (κ1) is 57.3. The van der Waals surface area contributed by atoms with E-state index in [-0.39, 0.29) is 0 Å². The summed E-state index contributed by atoms with van der Waals surface area (Å²) in [4.78, 5) is 30.7. The molecule has 4 aliphatic rings. The Bertz CT molecular complexity index is 2920. The maximum Gasteiger partial charge on any atom is 0.296 e. The van der Waals surface area contributed by atoms with Gasteiger partial charge in [-0.2, -0.15) is 17.2 Å². The molecule has 2 heterocycles. The highest BCUT2D eigenvalue weighted by Crippen LogP contribution is 2.44. The third kappa shape index (κ3) is 16.0. The Hall–Kier alpha value is -5.98. The first-order chi connectivity index (χ1) is 35.2. The summed E-state index contributed by atoms with van der Waals surface area (Å²) < 4.78 is 92.4. The molecule has 3 aromatic carbocycles. The lowest BCUT2D eigenvalue weighted by molar-refractivity contribution is -0.181. The number of aromatic nitrogens is 2. The van der Waals surface area contributed by atoms with Crippen molar-refractivity contribution in [3.8, 4) is 17.2 Å². The van der Waals surface area contributed by atoms with Gasteiger partial charge in [0.2, 0.25) is 11.9 Å². The zero-order valence-corrected chi connectivity index (χ0v) is 44.4. The molecule has 2 aromatic heterocycles. The molecule has 0 spiro atoms. The number of primary sulfonamides is 1. The number of hydrogen-bond acceptors (Lipinski definition) is 12. The Balaban J connectivity index is 0.000000181. The van der Waals surface area contributed by atoms with Gasteiger partial charge in [-0.15, -0.1) is 0 Å². The number of amides is 1. The van der Waals surface area contributed by atoms with Crippen molar-refractivity contribution in [2.24, 2.45) is 5.14 Å². The number of benzene rings is 3. The number of hydrogen-bond donors (Lipinski definition) is 3. The number of carbonyl (C=O) groups excluding carboxylic acids is 2. The highest BCUT2D eigenvalue weighted by Gasteiger charge is 2.46. The molecule has 5 aromatic rings. The fraction of sp³-hybridized carbons (Fsp3) is 0.464. The molecule has 9 rings (SSSR count). The van der Waals surface area contributed by atoms with Crippen LogP contribution in [-0.4, -0.2) is 55.7 Å². The zero-order valence-electron chi connectivity index (χ0n) is 42.8. The van der Waals surface area contributed by atoms with Gasteiger partial charge in [0.1, 0.15) is 17.2 Å². The molecule has 0 bridgehead atoms. The fourth-order valence-corrected chi connectivity index (χ4v) is 11.5. The van der Waals surface area contributed by atoms with E-state index in [0.29, 0.717) is 42.6 Å². The van der Waals surface area contributed by atoms with Gasteiger partial charge in [0, 0.05) is 12.8 Å². The van der Waals surface area contributed by atoms with Crippen LogP contribution in [-0.2, 0) is 34.4 Å². The number of nitrogens with one attached hydrogen (secondary N) is 1. The van der Waals surface area contributed by atoms with Crippen LogP contribution in [0.25, 0.3) is 0 Å². The zero-order chi connectivity index (χ0) is 53.5. The summed E-state index contributed by atoms with van der Waals surface area (Å²) in [6.45, 7) is 8.44. The molecule has 0 radical (unpaired) electrons. The Labute approximate surface area is 435 Å². The number of rotatable bonds is 12. The van der Waals surface area contributed by atoms with E-state index >= 15 is 0 Å². The minimum atomic E-state index is -4.32. The maximum absolute atomic E-state index is 13.4. The number of phenolic OH excluding ortho intramolecular Hbond substituents is 1. The van der Waals surface area contributed by atoms with Crippen molar-refractivity contribution in [1.82, 2.24) is 14.7 Å². The lowest BCUT2D eigenvalue weighted by atomic mass is 9.83. The van der Waals surface area contributed by atoms with Gasteiger partial charge in [0.25, 0.3) is 38.2 Å². The van der Waals surface area contributed by atoms with E-state index < -0.39 is 59.3 Å². The Morgan fingerprint density at radius 1 is 0.635 bits per heavy atom. The monoisotopic (exact) mass is 1060 g/mol. The fourth-order valence-electron chi connectivity index (χ4n) is 10.0. The molecule has 0 atom stereocenters. The molecular weight excluding hydrogens is 991 g/mol. The maximum atomic E-state index is 13.4. The normalized spacial score (nSPS) is 17.4. The van der Waals surface area contributed by atoms with E-state index in [1.54, 1.807) is 6.07 Å². The van der Waals surface area contributed by atoms with Gasteiger partial charge in [-0.3, -0.25) is 9.59 Å². The van der Waals surface area contributed by atoms with Crippen LogP contribution in [0.4, 0.5) is 8.78 Å². The number of aryl methyl sites for hydroxylation is 4. The molecule has 4 saturated carbocycles. The summed E-state index contributed by atoms with van der Waals surface area (Å²) >= 11 is 0. The van der Waals surface area contributed by atoms with Crippen LogP contribution in [0.2, 0.25) is 0 Å². The van der Waals surface area contributed by atoms with Gasteiger partial charge in [-0.1, -0.05) is 87.1 Å². The number of nitrogens with two attached hydrogens (primary N) is 1. The average molecular weight is 1060 g/mol. The molecule has 0 aliphatic heterocycles. The molecule has 400 valence electrons. The topological polar surface area (TPSA) is 214 Å². The van der Waals surface area contributed by atoms with Crippen molar-refractivity contribution in [2.45, 2.75) is 177 Å². The quantitative estimate of drug-likeness (QED) is 0.0605. The minimum Gasteiger partial charge on any atom is -0.508 e. The van der Waals surface area contributed by atoms with Crippen molar-refractivity contribution < 1.29 is 54.5 Å². The molecule has 4 N–H and O–H groups in total. The van der Waals surface area contributed by atoms with Crippen molar-refractivity contribution in [3.63, 3.8) is 0 Å². The number of nitrogens with zero attached hydrogens (tertiary/aromatic N) is 2. The molecule has 0 unspecified atom stereocenters. The average Bonchev–Trinajstić information content (AvgIpc) is 4.05. The number of aromatic hydroxyl groups is 1. The van der Waals surface area contributed by atoms with Gasteiger partial charge in [-0.05, 0) is 180 Å². The Kier molecular flexibility index (Phi) is 20.1. The van der Waals surface area contributed by atoms with Gasteiger partial charge < -0.3 is 19.3 Å². The van der Waals surface area contributed by atoms with E-state index in [9.17, 15) is 35.2 Å². The Morgan fingerprint density at radius 3 is 1.55 bits per heavy atom. The van der Waals surface area contributed by atoms with Crippen LogP contribution in [0.3, 0.4) is 0 Å². The van der Waals surface area contributed by atoms with E-state index in [1.165, 1.54) is 74.6 Å². The summed E-state index contributed by atoms with van der Waals surface area (Å²) in [6, 6.07) is 25.0. The number of halogens is 2. The molecule has 14 nitrogen and oxygen atoms in total. The van der Waals surface area contributed by atoms with Crippen LogP contribution in [0, 0.1) is 39.6 Å². The van der Waals surface area contributed by atoms with E-state index in [2.05, 4.69) is 57.1 Å². The largest absolute Gasteiger partial charge is 0.508 e. The van der Waals surface area contributed by atoms with Crippen LogP contribution < -0.4 is 19.3 Å². The highest BCUT2D eigenvalue weighted by atomic mass is 32.2. The second-order valence-electron chi connectivity index (χ2n) is 19.9. The number of phenols is 1. The van der Waals surface area contributed by atoms with Crippen LogP contribution in [0.15, 0.2) is 101 Å². The van der Waals surface area contributed by atoms with Crippen LogP contribution >= 0.6 is 0 Å². The lowest BCUT2D eigenvalue weighted by Gasteiger charge is -2.32. The molecular formula is C56H70F2N4O10S2. The Morgan fingerprint density at radius 2 is 1.09 bits per heavy atom. The number of pyridine rings is 2. The van der Waals surface area contributed by atoms with Gasteiger partial charge in [0.05, 0.1) is 0 Å². The molecule has 74 heavy (non-hydrogen) atoms. The van der Waals surface area contributed by atoms with Crippen LogP contribution in [0.5, 0.6) is 17.2 Å². The third-order valence-electron chi connectivity index (χ3n) is 14.0. The van der Waals surface area contributed by atoms with Crippen molar-refractivity contribution >= 4 is 32.4 Å². The lowest BCUT2D eigenvalue weighted by Crippen LogP contribution is -2.51. The molecule has 0 saturated heterocycles. The first-order valence-corrected chi connectivity index (χ1v) is 28.6. The summed E-state index contributed by atoms with van der Waals surface area (Å²) in [5, 5.41) is 12.8. The standard InChI is InChI=1S/C24H29FN2O4S.C19H26O3.C8H10O.C5H5FN2O2S/c1-17-12-13-19(18-8-3-2-4-9-18)20(16-17)31-24(14-5-6-15-24)23(28)27-32(29,30)22-11-7-10-21(25)26-22;1-15-9-10-17(16-7-3-2-4-8-16)18(13-15)22-19(21-14-20)11-5-6-12-19;1-6-3-4-7(2)8(9)5-6;6-4-2-1-3-5(8-4)11(7,9)10/h7,10-13,16,18H,2-6,8-9,14-15H2,1H3,(H,27,28);9-10,13-14,16H,2-8,11-12H2,1H3;3-5,9H,1-2H3;1-3H,(H2,7,9,10). The number of ether oxygens (including phenoxy) is 3. The molecule has 4 fully saturated rings. The van der Waals surface area contributed by atoms with E-state index in [0.717, 1.165) is 104 Å². The molecule has 4 aliphatic carbocycles. The second kappa shape index (κ2) is 26.0. The first-order valence-electron chi connectivity index (χ1n) is 25.5. The van der Waals surface area contributed by atoms with Crippen LogP contribution in [0.1, 0.15) is 161 Å². The summed E-state index contributed by atoms with van der Waals surface area (Å²) in [7, 11) is -8.20. The van der Waals surface area contributed by atoms with Gasteiger partial charge in [0.15, 0.2) is 15.7 Å². The molecule has 18 heteroatoms. The summed E-state index contributed by atoms with van der Waals surface area (Å²) in [5.41, 5.74) is 5.34. The SMILES string of the molecule is Cc1ccc(C)c(O)c1.Cc1ccc(C2CCCCC2)c(OC2(C(=O)NS(=O)(=O)c3cccc(F)n3)CCCC2)c1.Cc1ccc(C2CCCCC2)c(OC2(OC=O)CCCC2)c1.NS(=O)(=O)c1cccc(F)n1. The summed E-state index contributed by atoms with van der Waals surface area (Å²) in [5.74, 6) is -0.322. The minimum absolute atomic E-state index is 0.376. The van der Waals surface area contributed by atoms with Crippen molar-refractivity contribution in [2.75, 3.05) is 0 Å². The number of sulfonamides is 2. The van der Waals surface area contributed by atoms with Gasteiger partial charge >= 0.3 is 0 Å². The third-order valence-corrected chi connectivity index (χ3v) is 16.1. The predicted molar refractivity (Wildman–Crippen MR) is 277 cm³/mol. The molecule has 1 amide bonds. The number of carbonyl (C=O) groups is 2. The smallest absolute Gasteiger partial charge is 0.296 e. The van der Waals surface area contributed by atoms with Gasteiger partial charge in [-0.25, -0.2) is 28.2 Å². The van der Waals surface area contributed by atoms with Crippen molar-refractivity contribution in [1.29, 1.82) is 0 Å². The van der Waals surface area contributed by atoms with E-state index in [4.69, 9.17) is 19.3 Å². The highest BCUT2D eigenvalue weighted by molar-refractivity contribution is 7.90. The van der Waals surface area contributed by atoms with E-state index in [1.807, 2.05) is 39.0 Å². The second-order valence-corrected chi connectivity index (χ2v) is 23.0. The predicted octanol–water partition coefficient (Wildman–Crippen LogP) is 11.5. The van der Waals surface area contributed by atoms with Crippen molar-refractivity contribution in [3.05, 3.63) is 136 Å². The summed E-state index contributed by atoms with van der Waals surface area (Å²) in [6.07, 6.45) is 18.2.